The molecule has 0 aromatic heterocycles. The van der Waals surface area contributed by atoms with Gasteiger partial charge in [-0.05, 0) is 19.1 Å². The van der Waals surface area contributed by atoms with E-state index in [1.165, 1.54) is 30.4 Å². The number of hydrogen-bond donors (Lipinski definition) is 3. The SMILES string of the molecule is CCC(=O)NCSC(CSCCCOC(=O)CC)C(=O)NC(C(=O)C(C)C)C(C)O. The number of rotatable bonds is 16. The van der Waals surface area contributed by atoms with Gasteiger partial charge in [0.2, 0.25) is 11.8 Å². The van der Waals surface area contributed by atoms with Gasteiger partial charge in [0.15, 0.2) is 5.78 Å². The van der Waals surface area contributed by atoms with E-state index < -0.39 is 17.4 Å². The first-order chi connectivity index (χ1) is 14.1. The second-order valence-corrected chi connectivity index (χ2v) is 9.38. The molecule has 0 aromatic carbocycles. The van der Waals surface area contributed by atoms with Crippen LogP contribution in [0.5, 0.6) is 0 Å². The normalized spacial score (nSPS) is 14.0. The molecule has 0 fully saturated rings. The number of ketones is 1. The van der Waals surface area contributed by atoms with Crippen molar-refractivity contribution < 1.29 is 29.0 Å². The van der Waals surface area contributed by atoms with Gasteiger partial charge >= 0.3 is 5.97 Å². The molecule has 10 heteroatoms. The molecule has 30 heavy (non-hydrogen) atoms. The monoisotopic (exact) mass is 464 g/mol. The van der Waals surface area contributed by atoms with Crippen LogP contribution in [0.25, 0.3) is 0 Å². The van der Waals surface area contributed by atoms with Crippen molar-refractivity contribution in [2.24, 2.45) is 5.92 Å². The zero-order chi connectivity index (χ0) is 23.1. The Bertz CT molecular complexity index is 557. The van der Waals surface area contributed by atoms with E-state index in [0.29, 0.717) is 37.4 Å². The van der Waals surface area contributed by atoms with Gasteiger partial charge in [-0.2, -0.15) is 11.8 Å². The zero-order valence-electron chi connectivity index (χ0n) is 18.6. The Kier molecular flexibility index (Phi) is 15.7. The predicted octanol–water partition coefficient (Wildman–Crippen LogP) is 1.74. The average molecular weight is 465 g/mol. The van der Waals surface area contributed by atoms with Crippen molar-refractivity contribution in [3.05, 3.63) is 0 Å². The van der Waals surface area contributed by atoms with Crippen LogP contribution < -0.4 is 10.6 Å². The molecule has 3 atom stereocenters. The third-order valence-electron chi connectivity index (χ3n) is 4.08. The summed E-state index contributed by atoms with van der Waals surface area (Å²) in [6.07, 6.45) is 0.365. The molecule has 174 valence electrons. The summed E-state index contributed by atoms with van der Waals surface area (Å²) in [5.41, 5.74) is 0. The molecule has 0 aliphatic heterocycles. The number of Topliss-reactive ketones (excluding diaryl/α,β-unsaturated/α-hetero) is 1. The van der Waals surface area contributed by atoms with Crippen molar-refractivity contribution in [1.82, 2.24) is 10.6 Å². The predicted molar refractivity (Wildman–Crippen MR) is 121 cm³/mol. The summed E-state index contributed by atoms with van der Waals surface area (Å²) < 4.78 is 5.03. The first kappa shape index (κ1) is 28.7. The number of carbonyl (C=O) groups is 4. The van der Waals surface area contributed by atoms with Gasteiger partial charge in [-0.3, -0.25) is 19.2 Å². The Labute approximate surface area is 188 Å². The quantitative estimate of drug-likeness (QED) is 0.179. The van der Waals surface area contributed by atoms with Crippen LogP contribution in [0, 0.1) is 5.92 Å². The zero-order valence-corrected chi connectivity index (χ0v) is 20.2. The summed E-state index contributed by atoms with van der Waals surface area (Å²) in [5, 5.41) is 14.8. The molecule has 0 rings (SSSR count). The highest BCUT2D eigenvalue weighted by Gasteiger charge is 2.30. The van der Waals surface area contributed by atoms with Crippen molar-refractivity contribution in [2.45, 2.75) is 71.3 Å². The third kappa shape index (κ3) is 12.4. The molecule has 0 saturated heterocycles. The first-order valence-electron chi connectivity index (χ1n) is 10.3. The maximum absolute atomic E-state index is 12.8. The topological polar surface area (TPSA) is 122 Å². The number of ether oxygens (including phenoxy) is 1. The van der Waals surface area contributed by atoms with E-state index in [1.54, 1.807) is 27.7 Å². The standard InChI is InChI=1S/C20H36N2O6S2/c1-6-16(24)21-12-30-15(11-29-10-8-9-28-17(25)7-2)20(27)22-18(14(5)23)19(26)13(3)4/h13-15,18,23H,6-12H2,1-5H3,(H,21,24)(H,22,27). The largest absolute Gasteiger partial charge is 0.466 e. The number of carbonyl (C=O) groups excluding carboxylic acids is 4. The molecular formula is C20H36N2O6S2. The fraction of sp³-hybridized carbons (Fsp3) is 0.800. The minimum Gasteiger partial charge on any atom is -0.466 e. The van der Waals surface area contributed by atoms with Crippen molar-refractivity contribution in [1.29, 1.82) is 0 Å². The lowest BCUT2D eigenvalue weighted by molar-refractivity contribution is -0.143. The highest BCUT2D eigenvalue weighted by molar-refractivity contribution is 8.03. The fourth-order valence-corrected chi connectivity index (χ4v) is 4.41. The van der Waals surface area contributed by atoms with Gasteiger partial charge in [0.25, 0.3) is 0 Å². The van der Waals surface area contributed by atoms with Crippen molar-refractivity contribution in [3.8, 4) is 0 Å². The smallest absolute Gasteiger partial charge is 0.305 e. The van der Waals surface area contributed by atoms with Gasteiger partial charge < -0.3 is 20.5 Å². The number of thioether (sulfide) groups is 2. The molecule has 0 spiro atoms. The number of amides is 2. The highest BCUT2D eigenvalue weighted by atomic mass is 32.2. The summed E-state index contributed by atoms with van der Waals surface area (Å²) in [7, 11) is 0. The van der Waals surface area contributed by atoms with E-state index in [9.17, 15) is 24.3 Å². The van der Waals surface area contributed by atoms with Crippen molar-refractivity contribution in [3.63, 3.8) is 0 Å². The third-order valence-corrected chi connectivity index (χ3v) is 6.53. The number of nitrogens with one attached hydrogen (secondary N) is 2. The van der Waals surface area contributed by atoms with Gasteiger partial charge in [0.05, 0.1) is 23.8 Å². The van der Waals surface area contributed by atoms with Crippen LogP contribution in [-0.2, 0) is 23.9 Å². The average Bonchev–Trinajstić information content (AvgIpc) is 2.71. The Morgan fingerprint density at radius 3 is 2.27 bits per heavy atom. The van der Waals surface area contributed by atoms with Crippen LogP contribution in [0.4, 0.5) is 0 Å². The van der Waals surface area contributed by atoms with E-state index in [0.717, 1.165) is 0 Å². The molecule has 0 bridgehead atoms. The van der Waals surface area contributed by atoms with Gasteiger partial charge in [-0.1, -0.05) is 27.7 Å². The Balaban J connectivity index is 4.79. The number of hydrogen-bond acceptors (Lipinski definition) is 8. The van der Waals surface area contributed by atoms with E-state index in [-0.39, 0.29) is 35.4 Å². The lowest BCUT2D eigenvalue weighted by Crippen LogP contribution is -2.52. The van der Waals surface area contributed by atoms with Crippen molar-refractivity contribution >= 4 is 47.1 Å². The molecule has 0 saturated carbocycles. The van der Waals surface area contributed by atoms with Crippen LogP contribution in [-0.4, -0.2) is 70.1 Å². The van der Waals surface area contributed by atoms with Crippen LogP contribution in [0.1, 0.15) is 53.9 Å². The van der Waals surface area contributed by atoms with Crippen LogP contribution in [0.2, 0.25) is 0 Å². The van der Waals surface area contributed by atoms with Gasteiger partial charge in [-0.25, -0.2) is 0 Å². The fourth-order valence-electron chi connectivity index (χ4n) is 2.22. The lowest BCUT2D eigenvalue weighted by atomic mass is 9.98. The molecule has 0 aliphatic carbocycles. The number of aliphatic hydroxyl groups is 1. The van der Waals surface area contributed by atoms with E-state index >= 15 is 0 Å². The van der Waals surface area contributed by atoms with Crippen LogP contribution >= 0.6 is 23.5 Å². The summed E-state index contributed by atoms with van der Waals surface area (Å²) in [6.45, 7) is 8.73. The number of esters is 1. The minimum absolute atomic E-state index is 0.108. The molecule has 8 nitrogen and oxygen atoms in total. The Morgan fingerprint density at radius 2 is 1.73 bits per heavy atom. The molecule has 0 aliphatic rings. The number of aliphatic hydroxyl groups excluding tert-OH is 1. The minimum atomic E-state index is -1.00. The summed E-state index contributed by atoms with van der Waals surface area (Å²) >= 11 is 2.81. The maximum atomic E-state index is 12.8. The van der Waals surface area contributed by atoms with Crippen LogP contribution in [0.15, 0.2) is 0 Å². The van der Waals surface area contributed by atoms with Gasteiger partial charge in [0.1, 0.15) is 6.04 Å². The molecule has 0 radical (unpaired) electrons. The van der Waals surface area contributed by atoms with Crippen molar-refractivity contribution in [2.75, 3.05) is 24.0 Å². The van der Waals surface area contributed by atoms with Gasteiger partial charge in [0, 0.05) is 24.5 Å². The molecule has 3 N–H and O–H groups in total. The molecular weight excluding hydrogens is 428 g/mol. The van der Waals surface area contributed by atoms with E-state index in [1.807, 2.05) is 0 Å². The van der Waals surface area contributed by atoms with E-state index in [4.69, 9.17) is 4.74 Å². The molecule has 0 aromatic rings. The highest BCUT2D eigenvalue weighted by Crippen LogP contribution is 2.18. The molecule has 0 heterocycles. The molecule has 2 amide bonds. The van der Waals surface area contributed by atoms with Crippen LogP contribution in [0.3, 0.4) is 0 Å². The Hall–Kier alpha value is -1.26. The summed E-state index contributed by atoms with van der Waals surface area (Å²) in [6, 6.07) is -0.968. The summed E-state index contributed by atoms with van der Waals surface area (Å²) in [5.74, 6) is 0.192. The van der Waals surface area contributed by atoms with E-state index in [2.05, 4.69) is 10.6 Å². The Morgan fingerprint density at radius 1 is 1.07 bits per heavy atom. The lowest BCUT2D eigenvalue weighted by Gasteiger charge is -2.25. The first-order valence-corrected chi connectivity index (χ1v) is 12.5. The molecule has 3 unspecified atom stereocenters. The second kappa shape index (κ2) is 16.4. The second-order valence-electron chi connectivity index (χ2n) is 7.04. The maximum Gasteiger partial charge on any atom is 0.305 e. The summed E-state index contributed by atoms with van der Waals surface area (Å²) in [4.78, 5) is 47.7. The van der Waals surface area contributed by atoms with Gasteiger partial charge in [-0.15, -0.1) is 11.8 Å².